The van der Waals surface area contributed by atoms with Crippen LogP contribution in [0.1, 0.15) is 19.3 Å². The lowest BCUT2D eigenvalue weighted by Gasteiger charge is -2.44. The normalized spacial score (nSPS) is 29.4. The molecule has 1 heterocycles. The fraction of sp³-hybridized carbons (Fsp3) is 0.857. The first kappa shape index (κ1) is 6.16. The third kappa shape index (κ3) is 0.814. The minimum atomic E-state index is 0.0255. The van der Waals surface area contributed by atoms with Crippen molar-refractivity contribution in [2.75, 3.05) is 13.2 Å². The summed E-state index contributed by atoms with van der Waals surface area (Å²) in [6.45, 7) is 0.992. The first-order chi connectivity index (χ1) is 4.81. The van der Waals surface area contributed by atoms with Crippen molar-refractivity contribution in [3.63, 3.8) is 0 Å². The van der Waals surface area contributed by atoms with E-state index in [1.54, 1.807) is 0 Å². The molecular formula is C7H11NO2. The third-order valence-electron chi connectivity index (χ3n) is 2.38. The van der Waals surface area contributed by atoms with E-state index in [9.17, 15) is 4.79 Å². The Hall–Kier alpha value is -0.570. The Labute approximate surface area is 59.7 Å². The number of morpholine rings is 1. The zero-order valence-corrected chi connectivity index (χ0v) is 5.85. The molecule has 0 unspecified atom stereocenters. The van der Waals surface area contributed by atoms with Crippen LogP contribution in [0.25, 0.3) is 0 Å². The van der Waals surface area contributed by atoms with Gasteiger partial charge in [0.2, 0.25) is 5.91 Å². The maximum absolute atomic E-state index is 10.7. The highest BCUT2D eigenvalue weighted by molar-refractivity contribution is 5.78. The summed E-state index contributed by atoms with van der Waals surface area (Å²) in [7, 11) is 0. The molecule has 3 nitrogen and oxygen atoms in total. The number of ether oxygens (including phenoxy) is 1. The van der Waals surface area contributed by atoms with E-state index in [2.05, 4.69) is 5.32 Å². The van der Waals surface area contributed by atoms with Crippen molar-refractivity contribution in [1.29, 1.82) is 0 Å². The third-order valence-corrected chi connectivity index (χ3v) is 2.38. The molecule has 3 heteroatoms. The van der Waals surface area contributed by atoms with E-state index >= 15 is 0 Å². The SMILES string of the molecule is O=C1COC2(CCC2)CN1. The Morgan fingerprint density at radius 2 is 2.30 bits per heavy atom. The molecule has 1 amide bonds. The van der Waals surface area contributed by atoms with Crippen LogP contribution in [-0.2, 0) is 9.53 Å². The molecule has 2 rings (SSSR count). The molecule has 0 aromatic heterocycles. The molecule has 1 saturated heterocycles. The molecule has 56 valence electrons. The number of amides is 1. The maximum atomic E-state index is 10.7. The van der Waals surface area contributed by atoms with E-state index in [1.807, 2.05) is 0 Å². The highest BCUT2D eigenvalue weighted by atomic mass is 16.5. The van der Waals surface area contributed by atoms with Crippen molar-refractivity contribution < 1.29 is 9.53 Å². The number of nitrogens with one attached hydrogen (secondary N) is 1. The van der Waals surface area contributed by atoms with Crippen LogP contribution in [-0.4, -0.2) is 24.7 Å². The minimum absolute atomic E-state index is 0.0255. The van der Waals surface area contributed by atoms with Crippen LogP contribution in [0.3, 0.4) is 0 Å². The summed E-state index contributed by atoms with van der Waals surface area (Å²) in [4.78, 5) is 10.7. The van der Waals surface area contributed by atoms with Crippen LogP contribution < -0.4 is 5.32 Å². The molecular weight excluding hydrogens is 130 g/mol. The molecule has 0 bridgehead atoms. The Kier molecular flexibility index (Phi) is 1.20. The van der Waals surface area contributed by atoms with Crippen molar-refractivity contribution in [3.8, 4) is 0 Å². The maximum Gasteiger partial charge on any atom is 0.246 e. The van der Waals surface area contributed by atoms with Gasteiger partial charge in [-0.2, -0.15) is 0 Å². The predicted molar refractivity (Wildman–Crippen MR) is 35.5 cm³/mol. The summed E-state index contributed by atoms with van der Waals surface area (Å²) in [5.74, 6) is 0.0255. The summed E-state index contributed by atoms with van der Waals surface area (Å²) in [6.07, 6.45) is 3.48. The van der Waals surface area contributed by atoms with Gasteiger partial charge >= 0.3 is 0 Å². The second-order valence-corrected chi connectivity index (χ2v) is 3.10. The van der Waals surface area contributed by atoms with Crippen LogP contribution in [0.15, 0.2) is 0 Å². The minimum Gasteiger partial charge on any atom is -0.363 e. The van der Waals surface area contributed by atoms with Crippen LogP contribution in [0, 0.1) is 0 Å². The Morgan fingerprint density at radius 3 is 2.70 bits per heavy atom. The molecule has 1 aliphatic carbocycles. The number of hydrogen-bond donors (Lipinski definition) is 1. The lowest BCUT2D eigenvalue weighted by molar-refractivity contribution is -0.155. The summed E-state index contributed by atoms with van der Waals surface area (Å²) >= 11 is 0. The lowest BCUT2D eigenvalue weighted by Crippen LogP contribution is -2.56. The summed E-state index contributed by atoms with van der Waals surface area (Å²) in [5, 5.41) is 2.81. The van der Waals surface area contributed by atoms with Crippen molar-refractivity contribution >= 4 is 5.91 Å². The van der Waals surface area contributed by atoms with E-state index in [-0.39, 0.29) is 18.1 Å². The van der Waals surface area contributed by atoms with E-state index in [1.165, 1.54) is 6.42 Å². The topological polar surface area (TPSA) is 38.3 Å². The number of rotatable bonds is 0. The summed E-state index contributed by atoms with van der Waals surface area (Å²) < 4.78 is 5.40. The van der Waals surface area contributed by atoms with Crippen LogP contribution in [0.2, 0.25) is 0 Å². The molecule has 2 fully saturated rings. The quantitative estimate of drug-likeness (QED) is 0.518. The molecule has 0 radical (unpaired) electrons. The van der Waals surface area contributed by atoms with E-state index in [0.29, 0.717) is 0 Å². The zero-order valence-electron chi connectivity index (χ0n) is 5.85. The Bertz CT molecular complexity index is 151. The second kappa shape index (κ2) is 1.95. The predicted octanol–water partition coefficient (Wildman–Crippen LogP) is 0.0555. The standard InChI is InChI=1S/C7H11NO2/c9-6-4-10-7(5-8-6)2-1-3-7/h1-5H2,(H,8,9). The van der Waals surface area contributed by atoms with Crippen molar-refractivity contribution in [2.45, 2.75) is 24.9 Å². The van der Waals surface area contributed by atoms with E-state index in [4.69, 9.17) is 4.74 Å². The van der Waals surface area contributed by atoms with Crippen LogP contribution >= 0.6 is 0 Å². The molecule has 0 aromatic rings. The average molecular weight is 141 g/mol. The van der Waals surface area contributed by atoms with Gasteiger partial charge in [-0.05, 0) is 19.3 Å². The van der Waals surface area contributed by atoms with Crippen molar-refractivity contribution in [3.05, 3.63) is 0 Å². The zero-order chi connectivity index (χ0) is 7.03. The fourth-order valence-corrected chi connectivity index (χ4v) is 1.47. The molecule has 1 saturated carbocycles. The molecule has 1 spiro atoms. The van der Waals surface area contributed by atoms with Crippen LogP contribution in [0.4, 0.5) is 0 Å². The molecule has 0 aromatic carbocycles. The lowest BCUT2D eigenvalue weighted by atomic mass is 9.79. The highest BCUT2D eigenvalue weighted by Crippen LogP contribution is 2.35. The average Bonchev–Trinajstić information content (AvgIpc) is 1.86. The monoisotopic (exact) mass is 141 g/mol. The first-order valence-electron chi connectivity index (χ1n) is 3.71. The molecule has 2 aliphatic rings. The Balaban J connectivity index is 1.96. The fourth-order valence-electron chi connectivity index (χ4n) is 1.47. The molecule has 1 N–H and O–H groups in total. The van der Waals surface area contributed by atoms with E-state index < -0.39 is 0 Å². The van der Waals surface area contributed by atoms with Gasteiger partial charge in [0.1, 0.15) is 6.61 Å². The van der Waals surface area contributed by atoms with Crippen LogP contribution in [0.5, 0.6) is 0 Å². The van der Waals surface area contributed by atoms with Gasteiger partial charge in [0.25, 0.3) is 0 Å². The smallest absolute Gasteiger partial charge is 0.246 e. The van der Waals surface area contributed by atoms with Gasteiger partial charge in [-0.3, -0.25) is 4.79 Å². The number of hydrogen-bond acceptors (Lipinski definition) is 2. The van der Waals surface area contributed by atoms with Gasteiger partial charge in [-0.15, -0.1) is 0 Å². The highest BCUT2D eigenvalue weighted by Gasteiger charge is 2.41. The molecule has 10 heavy (non-hydrogen) atoms. The largest absolute Gasteiger partial charge is 0.363 e. The van der Waals surface area contributed by atoms with E-state index in [0.717, 1.165) is 19.4 Å². The number of carbonyl (C=O) groups excluding carboxylic acids is 1. The Morgan fingerprint density at radius 1 is 1.50 bits per heavy atom. The second-order valence-electron chi connectivity index (χ2n) is 3.10. The summed E-state index contributed by atoms with van der Waals surface area (Å²) in [6, 6.07) is 0. The van der Waals surface area contributed by atoms with Gasteiger partial charge in [0.15, 0.2) is 0 Å². The molecule has 1 aliphatic heterocycles. The van der Waals surface area contributed by atoms with Crippen molar-refractivity contribution in [1.82, 2.24) is 5.32 Å². The number of carbonyl (C=O) groups is 1. The van der Waals surface area contributed by atoms with Gasteiger partial charge in [-0.25, -0.2) is 0 Å². The first-order valence-corrected chi connectivity index (χ1v) is 3.71. The van der Waals surface area contributed by atoms with Gasteiger partial charge in [0, 0.05) is 6.54 Å². The summed E-state index contributed by atoms with van der Waals surface area (Å²) in [5.41, 5.74) is 0.0495. The van der Waals surface area contributed by atoms with Gasteiger partial charge in [-0.1, -0.05) is 0 Å². The van der Waals surface area contributed by atoms with Crippen molar-refractivity contribution in [2.24, 2.45) is 0 Å². The van der Waals surface area contributed by atoms with Gasteiger partial charge in [0.05, 0.1) is 5.60 Å². The molecule has 0 atom stereocenters. The van der Waals surface area contributed by atoms with Gasteiger partial charge < -0.3 is 10.1 Å².